The van der Waals surface area contributed by atoms with Crippen LogP contribution in [0.15, 0.2) is 54.7 Å². The number of piperidine rings is 1. The molecule has 154 valence electrons. The molecule has 1 unspecified atom stereocenters. The standard InChI is InChI=1S/C20H20F3N3O3/c21-20(22,23)18(27)26(13-15-8-4-5-10-24-15)16-9-11-25(19(28)29)17(12-16)14-6-2-1-3-7-14/h1-8,10,16-17H,9,11-13H2,(H,28,29)/t16?,17-/m0/s1. The van der Waals surface area contributed by atoms with Gasteiger partial charge in [0.05, 0.1) is 18.3 Å². The maximum absolute atomic E-state index is 13.3. The molecule has 2 aromatic rings. The molecule has 1 N–H and O–H groups in total. The molecule has 6 nitrogen and oxygen atoms in total. The monoisotopic (exact) mass is 407 g/mol. The Hall–Kier alpha value is -3.10. The van der Waals surface area contributed by atoms with Crippen molar-refractivity contribution in [3.63, 3.8) is 0 Å². The van der Waals surface area contributed by atoms with Gasteiger partial charge in [0.25, 0.3) is 0 Å². The van der Waals surface area contributed by atoms with Crippen LogP contribution in [0.5, 0.6) is 0 Å². The van der Waals surface area contributed by atoms with Gasteiger partial charge in [0, 0.05) is 18.8 Å². The highest BCUT2D eigenvalue weighted by Gasteiger charge is 2.46. The van der Waals surface area contributed by atoms with Gasteiger partial charge in [-0.15, -0.1) is 0 Å². The first-order valence-corrected chi connectivity index (χ1v) is 9.09. The second-order valence-corrected chi connectivity index (χ2v) is 6.83. The van der Waals surface area contributed by atoms with E-state index in [2.05, 4.69) is 4.98 Å². The van der Waals surface area contributed by atoms with Crippen LogP contribution in [0, 0.1) is 0 Å². The first-order valence-electron chi connectivity index (χ1n) is 9.09. The number of likely N-dealkylation sites (tertiary alicyclic amines) is 1. The number of hydrogen-bond donors (Lipinski definition) is 1. The first-order chi connectivity index (χ1) is 13.8. The minimum Gasteiger partial charge on any atom is -0.465 e. The Bertz CT molecular complexity index is 846. The summed E-state index contributed by atoms with van der Waals surface area (Å²) in [5, 5.41) is 9.52. The highest BCUT2D eigenvalue weighted by Crippen LogP contribution is 2.35. The molecular formula is C20H20F3N3O3. The van der Waals surface area contributed by atoms with E-state index in [1.54, 1.807) is 48.5 Å². The third-order valence-electron chi connectivity index (χ3n) is 5.01. The van der Waals surface area contributed by atoms with Crippen molar-refractivity contribution in [1.29, 1.82) is 0 Å². The Morgan fingerprint density at radius 2 is 1.83 bits per heavy atom. The third-order valence-corrected chi connectivity index (χ3v) is 5.01. The van der Waals surface area contributed by atoms with Crippen molar-refractivity contribution in [1.82, 2.24) is 14.8 Å². The maximum Gasteiger partial charge on any atom is 0.471 e. The number of alkyl halides is 3. The van der Waals surface area contributed by atoms with Gasteiger partial charge in [-0.1, -0.05) is 36.4 Å². The fourth-order valence-electron chi connectivity index (χ4n) is 3.65. The summed E-state index contributed by atoms with van der Waals surface area (Å²) >= 11 is 0. The van der Waals surface area contributed by atoms with E-state index in [1.165, 1.54) is 11.1 Å². The molecule has 0 saturated carbocycles. The van der Waals surface area contributed by atoms with Gasteiger partial charge in [-0.05, 0) is 30.5 Å². The predicted octanol–water partition coefficient (Wildman–Crippen LogP) is 3.86. The van der Waals surface area contributed by atoms with E-state index in [-0.39, 0.29) is 25.9 Å². The quantitative estimate of drug-likeness (QED) is 0.836. The lowest BCUT2D eigenvalue weighted by Gasteiger charge is -2.42. The van der Waals surface area contributed by atoms with Crippen molar-refractivity contribution in [2.45, 2.75) is 37.6 Å². The van der Waals surface area contributed by atoms with Gasteiger partial charge < -0.3 is 14.9 Å². The number of hydrogen-bond acceptors (Lipinski definition) is 3. The topological polar surface area (TPSA) is 73.7 Å². The molecule has 9 heteroatoms. The molecule has 0 aliphatic carbocycles. The molecule has 0 bridgehead atoms. The van der Waals surface area contributed by atoms with E-state index in [9.17, 15) is 27.9 Å². The van der Waals surface area contributed by atoms with E-state index in [4.69, 9.17) is 0 Å². The summed E-state index contributed by atoms with van der Waals surface area (Å²) in [4.78, 5) is 29.8. The van der Waals surface area contributed by atoms with Gasteiger partial charge in [0.1, 0.15) is 0 Å². The van der Waals surface area contributed by atoms with Crippen molar-refractivity contribution in [2.75, 3.05) is 6.54 Å². The van der Waals surface area contributed by atoms with E-state index in [1.807, 2.05) is 0 Å². The predicted molar refractivity (Wildman–Crippen MR) is 97.8 cm³/mol. The number of aromatic nitrogens is 1. The smallest absolute Gasteiger partial charge is 0.465 e. The first kappa shape index (κ1) is 20.6. The van der Waals surface area contributed by atoms with Gasteiger partial charge in [-0.3, -0.25) is 9.78 Å². The van der Waals surface area contributed by atoms with Crippen LogP contribution in [0.1, 0.15) is 30.1 Å². The molecule has 2 heterocycles. The minimum absolute atomic E-state index is 0.0312. The summed E-state index contributed by atoms with van der Waals surface area (Å²) < 4.78 is 39.8. The Balaban J connectivity index is 1.90. The zero-order valence-corrected chi connectivity index (χ0v) is 15.4. The summed E-state index contributed by atoms with van der Waals surface area (Å²) in [5.74, 6) is -1.94. The van der Waals surface area contributed by atoms with E-state index in [0.717, 1.165) is 4.90 Å². The average molecular weight is 407 g/mol. The summed E-state index contributed by atoms with van der Waals surface area (Å²) in [5.41, 5.74) is 1.01. The summed E-state index contributed by atoms with van der Waals surface area (Å²) in [6.45, 7) is -0.262. The molecule has 0 radical (unpaired) electrons. The van der Waals surface area contributed by atoms with E-state index < -0.39 is 30.3 Å². The molecule has 1 aromatic carbocycles. The number of amides is 2. The maximum atomic E-state index is 13.3. The van der Waals surface area contributed by atoms with Crippen LogP contribution in [0.4, 0.5) is 18.0 Å². The molecule has 1 aliphatic rings. The molecular weight excluding hydrogens is 387 g/mol. The van der Waals surface area contributed by atoms with Gasteiger partial charge >= 0.3 is 18.2 Å². The highest BCUT2D eigenvalue weighted by molar-refractivity contribution is 5.82. The van der Waals surface area contributed by atoms with Gasteiger partial charge in [-0.25, -0.2) is 4.79 Å². The Kier molecular flexibility index (Phi) is 6.05. The summed E-state index contributed by atoms with van der Waals surface area (Å²) in [7, 11) is 0. The number of carbonyl (C=O) groups is 2. The van der Waals surface area contributed by atoms with Gasteiger partial charge in [0.2, 0.25) is 0 Å². The van der Waals surface area contributed by atoms with Crippen LogP contribution >= 0.6 is 0 Å². The Labute approximate surface area is 165 Å². The molecule has 1 aromatic heterocycles. The SMILES string of the molecule is O=C(O)N1CCC(N(Cc2ccccn2)C(=O)C(F)(F)F)C[C@H]1c1ccccc1. The number of pyridine rings is 1. The number of carbonyl (C=O) groups excluding carboxylic acids is 1. The lowest BCUT2D eigenvalue weighted by Crippen LogP contribution is -2.52. The molecule has 3 rings (SSSR count). The zero-order valence-electron chi connectivity index (χ0n) is 15.4. The molecule has 1 fully saturated rings. The van der Waals surface area contributed by atoms with Crippen molar-refractivity contribution in [3.05, 3.63) is 66.0 Å². The number of nitrogens with zero attached hydrogens (tertiary/aromatic N) is 3. The van der Waals surface area contributed by atoms with Crippen LogP contribution in [-0.2, 0) is 11.3 Å². The van der Waals surface area contributed by atoms with Gasteiger partial charge in [0.15, 0.2) is 0 Å². The largest absolute Gasteiger partial charge is 0.471 e. The number of halogens is 3. The fourth-order valence-corrected chi connectivity index (χ4v) is 3.65. The zero-order chi connectivity index (χ0) is 21.0. The van der Waals surface area contributed by atoms with E-state index in [0.29, 0.717) is 11.3 Å². The van der Waals surface area contributed by atoms with Crippen molar-refractivity contribution < 1.29 is 27.9 Å². The molecule has 2 atom stereocenters. The fraction of sp³-hybridized carbons (Fsp3) is 0.350. The normalized spacial score (nSPS) is 19.6. The Morgan fingerprint density at radius 1 is 1.14 bits per heavy atom. The second kappa shape index (κ2) is 8.50. The van der Waals surface area contributed by atoms with Crippen LogP contribution < -0.4 is 0 Å². The summed E-state index contributed by atoms with van der Waals surface area (Å²) in [6, 6.07) is 12.1. The Morgan fingerprint density at radius 3 is 2.41 bits per heavy atom. The molecule has 0 spiro atoms. The lowest BCUT2D eigenvalue weighted by atomic mass is 9.91. The van der Waals surface area contributed by atoms with Crippen LogP contribution in [0.25, 0.3) is 0 Å². The van der Waals surface area contributed by atoms with Crippen LogP contribution in [-0.4, -0.2) is 50.7 Å². The molecule has 1 saturated heterocycles. The summed E-state index contributed by atoms with van der Waals surface area (Å²) in [6.07, 6.45) is -4.53. The third kappa shape index (κ3) is 4.85. The van der Waals surface area contributed by atoms with Crippen LogP contribution in [0.3, 0.4) is 0 Å². The number of benzene rings is 1. The average Bonchev–Trinajstić information content (AvgIpc) is 2.72. The highest BCUT2D eigenvalue weighted by atomic mass is 19.4. The van der Waals surface area contributed by atoms with Crippen molar-refractivity contribution >= 4 is 12.0 Å². The van der Waals surface area contributed by atoms with E-state index >= 15 is 0 Å². The van der Waals surface area contributed by atoms with Crippen molar-refractivity contribution in [3.8, 4) is 0 Å². The molecule has 29 heavy (non-hydrogen) atoms. The number of rotatable bonds is 4. The van der Waals surface area contributed by atoms with Crippen LogP contribution in [0.2, 0.25) is 0 Å². The van der Waals surface area contributed by atoms with Gasteiger partial charge in [-0.2, -0.15) is 13.2 Å². The van der Waals surface area contributed by atoms with Crippen molar-refractivity contribution in [2.24, 2.45) is 0 Å². The lowest BCUT2D eigenvalue weighted by molar-refractivity contribution is -0.189. The second-order valence-electron chi connectivity index (χ2n) is 6.83. The minimum atomic E-state index is -5.03. The number of carboxylic acid groups (broad SMARTS) is 1. The molecule has 1 aliphatic heterocycles. The molecule has 2 amide bonds.